The summed E-state index contributed by atoms with van der Waals surface area (Å²) in [5, 5.41) is 11.7. The number of benzene rings is 1. The number of nitriles is 1. The van der Waals surface area contributed by atoms with E-state index in [0.29, 0.717) is 10.6 Å². The smallest absolute Gasteiger partial charge is 0.104 e. The number of thiophene rings is 1. The Hall–Kier alpha value is -1.79. The van der Waals surface area contributed by atoms with Crippen LogP contribution >= 0.6 is 11.3 Å². The molecule has 2 N–H and O–H groups in total. The largest absolute Gasteiger partial charge is 0.389 e. The molecule has 0 spiro atoms. The average Bonchev–Trinajstić information content (AvgIpc) is 2.93. The minimum Gasteiger partial charge on any atom is -0.389 e. The van der Waals surface area contributed by atoms with Gasteiger partial charge in [0.05, 0.1) is 5.56 Å². The normalized spacial score (nSPS) is 13.4. The topological polar surface area (TPSA) is 49.8 Å². The molecule has 0 aliphatic heterocycles. The molecule has 2 nitrogen and oxygen atoms in total. The van der Waals surface area contributed by atoms with Gasteiger partial charge >= 0.3 is 0 Å². The first kappa shape index (κ1) is 10.4. The number of anilines is 1. The molecule has 2 aromatic rings. The number of hydrogen-bond acceptors (Lipinski definition) is 3. The Morgan fingerprint density at radius 1 is 1.24 bits per heavy atom. The highest BCUT2D eigenvalue weighted by Gasteiger charge is 2.15. The fraction of sp³-hybridized carbons (Fsp3) is 0.214. The van der Waals surface area contributed by atoms with Crippen LogP contribution in [0.3, 0.4) is 0 Å². The van der Waals surface area contributed by atoms with Crippen molar-refractivity contribution in [1.29, 1.82) is 5.26 Å². The van der Waals surface area contributed by atoms with E-state index in [1.54, 1.807) is 0 Å². The van der Waals surface area contributed by atoms with Crippen LogP contribution in [0.1, 0.15) is 23.1 Å². The monoisotopic (exact) mass is 240 g/mol. The van der Waals surface area contributed by atoms with E-state index in [1.165, 1.54) is 35.3 Å². The van der Waals surface area contributed by atoms with Gasteiger partial charge in [-0.2, -0.15) is 5.26 Å². The van der Waals surface area contributed by atoms with Gasteiger partial charge in [0, 0.05) is 10.9 Å². The van der Waals surface area contributed by atoms with Crippen LogP contribution in [0.5, 0.6) is 0 Å². The van der Waals surface area contributed by atoms with Gasteiger partial charge in [-0.1, -0.05) is 18.2 Å². The summed E-state index contributed by atoms with van der Waals surface area (Å²) in [5.41, 5.74) is 11.4. The maximum absolute atomic E-state index is 9.12. The summed E-state index contributed by atoms with van der Waals surface area (Å²) in [6.07, 6.45) is 3.59. The van der Waals surface area contributed by atoms with E-state index in [-0.39, 0.29) is 0 Å². The van der Waals surface area contributed by atoms with Crippen LogP contribution in [0.2, 0.25) is 0 Å². The first-order valence-corrected chi connectivity index (χ1v) is 6.57. The van der Waals surface area contributed by atoms with Crippen molar-refractivity contribution in [3.05, 3.63) is 40.3 Å². The molecule has 0 amide bonds. The number of fused-ring (bicyclic) bond motifs is 1. The lowest BCUT2D eigenvalue weighted by molar-refractivity contribution is 0.912. The lowest BCUT2D eigenvalue weighted by Gasteiger charge is -2.04. The van der Waals surface area contributed by atoms with Crippen molar-refractivity contribution in [3.63, 3.8) is 0 Å². The first-order valence-electron chi connectivity index (χ1n) is 5.69. The van der Waals surface area contributed by atoms with Gasteiger partial charge in [0.25, 0.3) is 0 Å². The van der Waals surface area contributed by atoms with E-state index in [1.807, 2.05) is 5.38 Å². The third kappa shape index (κ3) is 1.62. The average molecular weight is 240 g/mol. The van der Waals surface area contributed by atoms with Gasteiger partial charge < -0.3 is 5.73 Å². The first-order chi connectivity index (χ1) is 8.29. The summed E-state index contributed by atoms with van der Waals surface area (Å²) < 4.78 is 0. The Kier molecular flexibility index (Phi) is 2.38. The second-order valence-corrected chi connectivity index (χ2v) is 5.25. The molecule has 0 atom stereocenters. The fourth-order valence-electron chi connectivity index (χ4n) is 2.44. The predicted molar refractivity (Wildman–Crippen MR) is 70.9 cm³/mol. The maximum atomic E-state index is 9.12. The van der Waals surface area contributed by atoms with Gasteiger partial charge in [0.1, 0.15) is 11.1 Å². The van der Waals surface area contributed by atoms with Crippen molar-refractivity contribution >= 4 is 16.3 Å². The van der Waals surface area contributed by atoms with Gasteiger partial charge in [-0.25, -0.2) is 0 Å². The molecule has 0 bridgehead atoms. The Morgan fingerprint density at radius 3 is 2.88 bits per heavy atom. The molecule has 17 heavy (non-hydrogen) atoms. The molecule has 1 aliphatic carbocycles. The standard InChI is InChI=1S/C14H12N2S/c15-7-12-13(8-17-14(12)16)11-5-4-9-2-1-3-10(9)6-11/h4-6,8H,1-3,16H2. The SMILES string of the molecule is N#Cc1c(-c2ccc3c(c2)CCC3)csc1N. The van der Waals surface area contributed by atoms with Crippen molar-refractivity contribution in [1.82, 2.24) is 0 Å². The van der Waals surface area contributed by atoms with Crippen molar-refractivity contribution in [2.45, 2.75) is 19.3 Å². The van der Waals surface area contributed by atoms with E-state index in [9.17, 15) is 0 Å². The van der Waals surface area contributed by atoms with Crippen LogP contribution in [0.4, 0.5) is 5.00 Å². The Morgan fingerprint density at radius 2 is 2.06 bits per heavy atom. The lowest BCUT2D eigenvalue weighted by Crippen LogP contribution is -1.87. The molecule has 1 aromatic carbocycles. The molecule has 3 heteroatoms. The van der Waals surface area contributed by atoms with Crippen molar-refractivity contribution < 1.29 is 0 Å². The van der Waals surface area contributed by atoms with Crippen LogP contribution in [0.25, 0.3) is 11.1 Å². The lowest BCUT2D eigenvalue weighted by atomic mass is 10.00. The molecule has 0 fully saturated rings. The highest BCUT2D eigenvalue weighted by Crippen LogP contribution is 2.35. The van der Waals surface area contributed by atoms with E-state index in [2.05, 4.69) is 24.3 Å². The summed E-state index contributed by atoms with van der Waals surface area (Å²) in [4.78, 5) is 0. The molecule has 0 unspecified atom stereocenters. The van der Waals surface area contributed by atoms with Crippen LogP contribution in [-0.4, -0.2) is 0 Å². The van der Waals surface area contributed by atoms with Crippen molar-refractivity contribution in [3.8, 4) is 17.2 Å². The van der Waals surface area contributed by atoms with Crippen LogP contribution in [0, 0.1) is 11.3 Å². The summed E-state index contributed by atoms with van der Waals surface area (Å²) in [6, 6.07) is 8.70. The van der Waals surface area contributed by atoms with E-state index < -0.39 is 0 Å². The van der Waals surface area contributed by atoms with Crippen molar-refractivity contribution in [2.24, 2.45) is 0 Å². The number of nitrogen functional groups attached to an aromatic ring is 1. The second-order valence-electron chi connectivity index (χ2n) is 4.34. The fourth-order valence-corrected chi connectivity index (χ4v) is 3.21. The highest BCUT2D eigenvalue weighted by atomic mass is 32.1. The minimum atomic E-state index is 0.614. The number of hydrogen-bond donors (Lipinski definition) is 1. The molecular formula is C14H12N2S. The molecule has 0 radical (unpaired) electrons. The van der Waals surface area contributed by atoms with Gasteiger partial charge in [-0.15, -0.1) is 11.3 Å². The van der Waals surface area contributed by atoms with Gasteiger partial charge in [0.15, 0.2) is 0 Å². The maximum Gasteiger partial charge on any atom is 0.104 e. The second kappa shape index (κ2) is 3.90. The third-order valence-corrected chi connectivity index (χ3v) is 4.15. The van der Waals surface area contributed by atoms with Gasteiger partial charge in [0.2, 0.25) is 0 Å². The Balaban J connectivity index is 2.13. The van der Waals surface area contributed by atoms with Crippen LogP contribution in [0.15, 0.2) is 23.6 Å². The zero-order chi connectivity index (χ0) is 11.8. The summed E-state index contributed by atoms with van der Waals surface area (Å²) in [6.45, 7) is 0. The summed E-state index contributed by atoms with van der Waals surface area (Å²) in [7, 11) is 0. The third-order valence-electron chi connectivity index (χ3n) is 3.34. The zero-order valence-electron chi connectivity index (χ0n) is 9.36. The quantitative estimate of drug-likeness (QED) is 0.831. The minimum absolute atomic E-state index is 0.614. The molecule has 1 heterocycles. The molecule has 84 valence electrons. The predicted octanol–water partition coefficient (Wildman–Crippen LogP) is 3.36. The van der Waals surface area contributed by atoms with E-state index >= 15 is 0 Å². The molecule has 0 saturated carbocycles. The molecular weight excluding hydrogens is 228 g/mol. The van der Waals surface area contributed by atoms with Crippen molar-refractivity contribution in [2.75, 3.05) is 5.73 Å². The number of nitrogens with zero attached hydrogens (tertiary/aromatic N) is 1. The number of rotatable bonds is 1. The molecule has 1 aliphatic rings. The molecule has 0 saturated heterocycles. The summed E-state index contributed by atoms with van der Waals surface area (Å²) in [5.74, 6) is 0. The molecule has 1 aromatic heterocycles. The Labute approximate surface area is 104 Å². The van der Waals surface area contributed by atoms with Gasteiger partial charge in [-0.3, -0.25) is 0 Å². The van der Waals surface area contributed by atoms with Crippen LogP contribution < -0.4 is 5.73 Å². The zero-order valence-corrected chi connectivity index (χ0v) is 10.2. The van der Waals surface area contributed by atoms with Crippen LogP contribution in [-0.2, 0) is 12.8 Å². The van der Waals surface area contributed by atoms with Gasteiger partial charge in [-0.05, 0) is 36.0 Å². The molecule has 3 rings (SSSR count). The van der Waals surface area contributed by atoms with E-state index in [0.717, 1.165) is 17.5 Å². The Bertz CT molecular complexity index is 620. The highest BCUT2D eigenvalue weighted by molar-refractivity contribution is 7.14. The number of aryl methyl sites for hydroxylation is 2. The summed E-state index contributed by atoms with van der Waals surface area (Å²) >= 11 is 1.44. The van der Waals surface area contributed by atoms with E-state index in [4.69, 9.17) is 11.0 Å². The number of nitrogens with two attached hydrogens (primary N) is 1.